The van der Waals surface area contributed by atoms with Crippen LogP contribution in [0.1, 0.15) is 38.8 Å². The van der Waals surface area contributed by atoms with Gasteiger partial charge in [0.25, 0.3) is 0 Å². The minimum absolute atomic E-state index is 0.00127. The van der Waals surface area contributed by atoms with E-state index in [0.29, 0.717) is 39.6 Å². The topological polar surface area (TPSA) is 92.8 Å². The average molecular weight is 618 g/mol. The molecular formula is C30H37BClNO8S. The van der Waals surface area contributed by atoms with E-state index in [1.807, 2.05) is 27.7 Å². The Morgan fingerprint density at radius 1 is 0.738 bits per heavy atom. The second-order valence-electron chi connectivity index (χ2n) is 10.9. The summed E-state index contributed by atoms with van der Waals surface area (Å²) in [6.45, 7) is 7.77. The van der Waals surface area contributed by atoms with Gasteiger partial charge in [0.05, 0.1) is 44.5 Å². The maximum Gasteiger partial charge on any atom is 0.496 e. The van der Waals surface area contributed by atoms with Crippen LogP contribution in [0.4, 0.5) is 0 Å². The number of methoxy groups -OCH3 is 4. The highest BCUT2D eigenvalue weighted by molar-refractivity contribution is 7.89. The van der Waals surface area contributed by atoms with Crippen molar-refractivity contribution >= 4 is 34.2 Å². The molecule has 1 aliphatic rings. The first-order valence-electron chi connectivity index (χ1n) is 13.3. The maximum absolute atomic E-state index is 14.3. The molecule has 42 heavy (non-hydrogen) atoms. The summed E-state index contributed by atoms with van der Waals surface area (Å²) < 4.78 is 63.9. The SMILES string of the molecule is COc1ccc(CN(Cc2ccc(OC)cc2OC)S(=O)(=O)c2ccc(B3OC(C)(C)C(C)(C)O3)c(Cl)c2)c(OC)c1. The zero-order valence-corrected chi connectivity index (χ0v) is 26.8. The Labute approximate surface area is 253 Å². The molecule has 0 N–H and O–H groups in total. The largest absolute Gasteiger partial charge is 0.497 e. The Morgan fingerprint density at radius 3 is 1.62 bits per heavy atom. The Balaban J connectivity index is 1.74. The molecule has 226 valence electrons. The van der Waals surface area contributed by atoms with Crippen molar-refractivity contribution in [2.75, 3.05) is 28.4 Å². The highest BCUT2D eigenvalue weighted by atomic mass is 35.5. The molecule has 0 aliphatic carbocycles. The molecule has 0 radical (unpaired) electrons. The van der Waals surface area contributed by atoms with Crippen LogP contribution in [-0.2, 0) is 32.4 Å². The highest BCUT2D eigenvalue weighted by Crippen LogP contribution is 2.37. The van der Waals surface area contributed by atoms with Crippen LogP contribution in [0.25, 0.3) is 0 Å². The van der Waals surface area contributed by atoms with E-state index in [9.17, 15) is 8.42 Å². The van der Waals surface area contributed by atoms with Crippen molar-refractivity contribution in [2.24, 2.45) is 0 Å². The normalized spacial score (nSPS) is 16.0. The second kappa shape index (κ2) is 12.3. The standard InChI is InChI=1S/C30H37BClNO8S/c1-29(2)30(3,4)41-31(40-29)25-14-13-24(17-26(25)32)42(34,35)33(18-20-9-11-22(36-5)15-27(20)38-7)19-21-10-12-23(37-6)16-28(21)39-8/h9-17H,18-19H2,1-8H3. The van der Waals surface area contributed by atoms with Gasteiger partial charge < -0.3 is 28.3 Å². The Kier molecular flexibility index (Phi) is 9.39. The molecule has 1 heterocycles. The minimum atomic E-state index is -4.09. The summed E-state index contributed by atoms with van der Waals surface area (Å²) in [6, 6.07) is 15.1. The minimum Gasteiger partial charge on any atom is -0.497 e. The Bertz CT molecular complexity index is 1470. The van der Waals surface area contributed by atoms with E-state index in [2.05, 4.69) is 0 Å². The molecule has 12 heteroatoms. The van der Waals surface area contributed by atoms with Gasteiger partial charge in [-0.05, 0) is 52.0 Å². The van der Waals surface area contributed by atoms with Gasteiger partial charge in [0.15, 0.2) is 0 Å². The summed E-state index contributed by atoms with van der Waals surface area (Å²) in [7, 11) is 1.33. The molecule has 0 saturated carbocycles. The molecule has 0 bridgehead atoms. The first-order chi connectivity index (χ1) is 19.8. The monoisotopic (exact) mass is 617 g/mol. The lowest BCUT2D eigenvalue weighted by Crippen LogP contribution is -2.41. The van der Waals surface area contributed by atoms with Gasteiger partial charge in [-0.15, -0.1) is 0 Å². The average Bonchev–Trinajstić information content (AvgIpc) is 3.18. The zero-order chi connectivity index (χ0) is 30.9. The van der Waals surface area contributed by atoms with E-state index in [0.717, 1.165) is 0 Å². The van der Waals surface area contributed by atoms with Gasteiger partial charge in [-0.1, -0.05) is 29.8 Å². The Morgan fingerprint density at radius 2 is 1.21 bits per heavy atom. The number of benzene rings is 3. The van der Waals surface area contributed by atoms with Gasteiger partial charge in [0.2, 0.25) is 10.0 Å². The van der Waals surface area contributed by atoms with Crippen LogP contribution in [0.3, 0.4) is 0 Å². The lowest BCUT2D eigenvalue weighted by atomic mass is 9.79. The smallest absolute Gasteiger partial charge is 0.496 e. The van der Waals surface area contributed by atoms with Crippen LogP contribution in [0.5, 0.6) is 23.0 Å². The van der Waals surface area contributed by atoms with Gasteiger partial charge >= 0.3 is 7.12 Å². The molecule has 4 rings (SSSR count). The van der Waals surface area contributed by atoms with Gasteiger partial charge in [-0.3, -0.25) is 0 Å². The second-order valence-corrected chi connectivity index (χ2v) is 13.2. The molecule has 1 saturated heterocycles. The quantitative estimate of drug-likeness (QED) is 0.276. The number of hydrogen-bond acceptors (Lipinski definition) is 8. The predicted octanol–water partition coefficient (Wildman–Crippen LogP) is 5.06. The fourth-order valence-corrected chi connectivity index (χ4v) is 6.31. The van der Waals surface area contributed by atoms with Crippen molar-refractivity contribution in [1.82, 2.24) is 4.31 Å². The number of rotatable bonds is 11. The molecule has 9 nitrogen and oxygen atoms in total. The molecule has 0 spiro atoms. The third kappa shape index (κ3) is 6.35. The summed E-state index contributed by atoms with van der Waals surface area (Å²) in [5, 5.41) is 0.221. The van der Waals surface area contributed by atoms with Gasteiger partial charge in [-0.2, -0.15) is 4.31 Å². The number of ether oxygens (including phenoxy) is 4. The first-order valence-corrected chi connectivity index (χ1v) is 15.1. The lowest BCUT2D eigenvalue weighted by Gasteiger charge is -2.32. The molecule has 3 aromatic carbocycles. The molecule has 0 unspecified atom stereocenters. The molecule has 1 fully saturated rings. The maximum atomic E-state index is 14.3. The summed E-state index contributed by atoms with van der Waals surface area (Å²) in [5.41, 5.74) is 0.701. The summed E-state index contributed by atoms with van der Waals surface area (Å²) in [5.74, 6) is 2.16. The van der Waals surface area contributed by atoms with Crippen molar-refractivity contribution in [1.29, 1.82) is 0 Å². The van der Waals surface area contributed by atoms with Crippen LogP contribution in [0, 0.1) is 0 Å². The van der Waals surface area contributed by atoms with Crippen LogP contribution in [-0.4, -0.2) is 59.5 Å². The van der Waals surface area contributed by atoms with E-state index in [-0.39, 0.29) is 23.0 Å². The van der Waals surface area contributed by atoms with Crippen LogP contribution in [0.2, 0.25) is 5.02 Å². The fourth-order valence-electron chi connectivity index (χ4n) is 4.55. The lowest BCUT2D eigenvalue weighted by molar-refractivity contribution is 0.00578. The first kappa shape index (κ1) is 32.0. The fraction of sp³-hybridized carbons (Fsp3) is 0.400. The predicted molar refractivity (Wildman–Crippen MR) is 163 cm³/mol. The van der Waals surface area contributed by atoms with E-state index in [1.54, 1.807) is 56.7 Å². The number of sulfonamides is 1. The highest BCUT2D eigenvalue weighted by Gasteiger charge is 2.52. The van der Waals surface area contributed by atoms with Crippen LogP contribution >= 0.6 is 11.6 Å². The van der Waals surface area contributed by atoms with E-state index < -0.39 is 28.3 Å². The van der Waals surface area contributed by atoms with E-state index in [1.165, 1.54) is 30.7 Å². The number of nitrogens with zero attached hydrogens (tertiary/aromatic N) is 1. The number of halogens is 1. The molecule has 1 aliphatic heterocycles. The van der Waals surface area contributed by atoms with Gasteiger partial charge in [0, 0.05) is 46.8 Å². The summed E-state index contributed by atoms with van der Waals surface area (Å²) in [4.78, 5) is 0.0210. The van der Waals surface area contributed by atoms with Gasteiger partial charge in [-0.25, -0.2) is 8.42 Å². The van der Waals surface area contributed by atoms with Crippen molar-refractivity contribution in [2.45, 2.75) is 56.9 Å². The third-order valence-corrected chi connectivity index (χ3v) is 9.91. The van der Waals surface area contributed by atoms with E-state index >= 15 is 0 Å². The van der Waals surface area contributed by atoms with E-state index in [4.69, 9.17) is 39.9 Å². The summed E-state index contributed by atoms with van der Waals surface area (Å²) >= 11 is 6.68. The molecular weight excluding hydrogens is 581 g/mol. The van der Waals surface area contributed by atoms with Gasteiger partial charge in [0.1, 0.15) is 23.0 Å². The van der Waals surface area contributed by atoms with Crippen molar-refractivity contribution in [3.63, 3.8) is 0 Å². The number of hydrogen-bond donors (Lipinski definition) is 0. The Hall–Kier alpha value is -2.96. The van der Waals surface area contributed by atoms with Crippen molar-refractivity contribution < 1.29 is 36.7 Å². The molecule has 0 amide bonds. The zero-order valence-electron chi connectivity index (χ0n) is 25.2. The molecule has 0 aromatic heterocycles. The third-order valence-electron chi connectivity index (χ3n) is 7.80. The van der Waals surface area contributed by atoms with Crippen molar-refractivity contribution in [3.8, 4) is 23.0 Å². The van der Waals surface area contributed by atoms with Crippen molar-refractivity contribution in [3.05, 3.63) is 70.7 Å². The van der Waals surface area contributed by atoms with Crippen LogP contribution < -0.4 is 24.4 Å². The molecule has 3 aromatic rings. The molecule has 0 atom stereocenters. The summed E-state index contributed by atoms with van der Waals surface area (Å²) in [6.07, 6.45) is 0. The van der Waals surface area contributed by atoms with Crippen LogP contribution in [0.15, 0.2) is 59.5 Å².